The molecule has 1 atom stereocenters. The number of carbonyl (C=O) groups is 2. The Morgan fingerprint density at radius 1 is 1.31 bits per heavy atom. The number of H-pyrrole nitrogens is 1. The summed E-state index contributed by atoms with van der Waals surface area (Å²) >= 11 is 0. The molecule has 0 fully saturated rings. The summed E-state index contributed by atoms with van der Waals surface area (Å²) in [6, 6.07) is 8.95. The van der Waals surface area contributed by atoms with Crippen molar-refractivity contribution in [1.82, 2.24) is 15.6 Å². The molecule has 0 aliphatic heterocycles. The van der Waals surface area contributed by atoms with Gasteiger partial charge in [0, 0.05) is 30.1 Å². The van der Waals surface area contributed by atoms with E-state index in [-0.39, 0.29) is 31.4 Å². The maximum absolute atomic E-state index is 12.5. The van der Waals surface area contributed by atoms with Gasteiger partial charge in [-0.3, -0.25) is 4.79 Å². The number of aromatic amines is 1. The van der Waals surface area contributed by atoms with Gasteiger partial charge in [0.25, 0.3) is 0 Å². The Balaban J connectivity index is 2.10. The predicted octanol–water partition coefficient (Wildman–Crippen LogP) is 2.49. The Morgan fingerprint density at radius 2 is 2.08 bits per heavy atom. The summed E-state index contributed by atoms with van der Waals surface area (Å²) in [7, 11) is 0. The fraction of sp³-hybridized carbons (Fsp3) is 0.421. The van der Waals surface area contributed by atoms with Crippen molar-refractivity contribution in [3.63, 3.8) is 0 Å². The van der Waals surface area contributed by atoms with E-state index in [0.29, 0.717) is 6.42 Å². The molecule has 1 heterocycles. The average molecular weight is 356 g/mol. The minimum atomic E-state index is -0.785. The number of nitrogens with zero attached hydrogens (tertiary/aromatic N) is 1. The lowest BCUT2D eigenvalue weighted by atomic mass is 10.0. The van der Waals surface area contributed by atoms with Crippen molar-refractivity contribution in [2.24, 2.45) is 5.92 Å². The minimum absolute atomic E-state index is 0.206. The van der Waals surface area contributed by atoms with Gasteiger partial charge in [-0.05, 0) is 17.5 Å². The van der Waals surface area contributed by atoms with Crippen LogP contribution in [0.2, 0.25) is 0 Å². The van der Waals surface area contributed by atoms with E-state index in [4.69, 9.17) is 10.00 Å². The van der Waals surface area contributed by atoms with Crippen LogP contribution >= 0.6 is 0 Å². The van der Waals surface area contributed by atoms with Crippen molar-refractivity contribution >= 4 is 22.9 Å². The summed E-state index contributed by atoms with van der Waals surface area (Å²) in [6.45, 7) is 4.39. The van der Waals surface area contributed by atoms with Crippen LogP contribution in [0.5, 0.6) is 0 Å². The molecule has 7 heteroatoms. The molecule has 3 N–H and O–H groups in total. The number of para-hydroxylation sites is 1. The van der Waals surface area contributed by atoms with Gasteiger partial charge in [-0.2, -0.15) is 5.26 Å². The standard InChI is InChI=1S/C19H24N4O3/c1-13(2)12-26-19(25)23-17(18(24)21-9-5-8-20)10-14-11-22-16-7-4-3-6-15(14)16/h3-4,6-7,11,13,17,22H,5,9-10,12H2,1-2H3,(H,21,24)(H,23,25). The Bertz CT molecular complexity index is 791. The first-order chi connectivity index (χ1) is 12.5. The van der Waals surface area contributed by atoms with Crippen molar-refractivity contribution in [3.8, 4) is 6.07 Å². The van der Waals surface area contributed by atoms with E-state index < -0.39 is 12.1 Å². The molecule has 2 aromatic rings. The number of benzene rings is 1. The zero-order valence-electron chi connectivity index (χ0n) is 15.0. The van der Waals surface area contributed by atoms with Crippen molar-refractivity contribution < 1.29 is 14.3 Å². The van der Waals surface area contributed by atoms with E-state index >= 15 is 0 Å². The summed E-state index contributed by atoms with van der Waals surface area (Å²) in [6.07, 6.45) is 1.74. The van der Waals surface area contributed by atoms with E-state index in [0.717, 1.165) is 16.5 Å². The zero-order chi connectivity index (χ0) is 18.9. The number of carbonyl (C=O) groups excluding carboxylic acids is 2. The second-order valence-corrected chi connectivity index (χ2v) is 6.45. The molecule has 2 amide bonds. The van der Waals surface area contributed by atoms with Crippen LogP contribution in [0.15, 0.2) is 30.5 Å². The monoisotopic (exact) mass is 356 g/mol. The highest BCUT2D eigenvalue weighted by molar-refractivity contribution is 5.88. The lowest BCUT2D eigenvalue weighted by molar-refractivity contribution is -0.123. The number of hydrogen-bond donors (Lipinski definition) is 3. The molecule has 0 bridgehead atoms. The highest BCUT2D eigenvalue weighted by Crippen LogP contribution is 2.19. The first-order valence-corrected chi connectivity index (χ1v) is 8.64. The number of alkyl carbamates (subject to hydrolysis) is 1. The summed E-state index contributed by atoms with van der Waals surface area (Å²) in [4.78, 5) is 27.6. The van der Waals surface area contributed by atoms with Crippen molar-refractivity contribution in [2.75, 3.05) is 13.2 Å². The van der Waals surface area contributed by atoms with Gasteiger partial charge in [0.15, 0.2) is 0 Å². The van der Waals surface area contributed by atoms with Gasteiger partial charge < -0.3 is 20.4 Å². The maximum atomic E-state index is 12.5. The predicted molar refractivity (Wildman–Crippen MR) is 98.4 cm³/mol. The quantitative estimate of drug-likeness (QED) is 0.632. The van der Waals surface area contributed by atoms with Gasteiger partial charge in [0.2, 0.25) is 5.91 Å². The third-order valence-electron chi connectivity index (χ3n) is 3.79. The molecule has 2 rings (SSSR count). The van der Waals surface area contributed by atoms with Gasteiger partial charge in [0.05, 0.1) is 19.1 Å². The fourth-order valence-corrected chi connectivity index (χ4v) is 2.52. The topological polar surface area (TPSA) is 107 Å². The SMILES string of the molecule is CC(C)COC(=O)NC(Cc1c[nH]c2ccccc12)C(=O)NCCC#N. The lowest BCUT2D eigenvalue weighted by Crippen LogP contribution is -2.48. The molecule has 26 heavy (non-hydrogen) atoms. The molecule has 7 nitrogen and oxygen atoms in total. The maximum Gasteiger partial charge on any atom is 0.407 e. The van der Waals surface area contributed by atoms with E-state index in [2.05, 4.69) is 15.6 Å². The molecule has 1 unspecified atom stereocenters. The molecule has 0 aliphatic rings. The molecule has 0 saturated heterocycles. The van der Waals surface area contributed by atoms with Crippen LogP contribution in [0.1, 0.15) is 25.8 Å². The second kappa shape index (κ2) is 9.47. The average Bonchev–Trinajstić information content (AvgIpc) is 3.02. The first-order valence-electron chi connectivity index (χ1n) is 8.64. The molecule has 0 aliphatic carbocycles. The van der Waals surface area contributed by atoms with Crippen molar-refractivity contribution in [1.29, 1.82) is 5.26 Å². The van der Waals surface area contributed by atoms with Crippen LogP contribution in [0.3, 0.4) is 0 Å². The number of rotatable bonds is 8. The molecule has 138 valence electrons. The van der Waals surface area contributed by atoms with Crippen LogP contribution in [0, 0.1) is 17.2 Å². The molecule has 0 radical (unpaired) electrons. The van der Waals surface area contributed by atoms with Gasteiger partial charge in [0.1, 0.15) is 6.04 Å². The number of amides is 2. The number of ether oxygens (including phenoxy) is 1. The molecule has 1 aromatic heterocycles. The number of nitriles is 1. The largest absolute Gasteiger partial charge is 0.449 e. The molecule has 1 aromatic carbocycles. The highest BCUT2D eigenvalue weighted by Gasteiger charge is 2.23. The smallest absolute Gasteiger partial charge is 0.407 e. The van der Waals surface area contributed by atoms with Gasteiger partial charge >= 0.3 is 6.09 Å². The van der Waals surface area contributed by atoms with E-state index in [9.17, 15) is 9.59 Å². The Morgan fingerprint density at radius 3 is 2.81 bits per heavy atom. The van der Waals surface area contributed by atoms with E-state index in [1.807, 2.05) is 50.4 Å². The van der Waals surface area contributed by atoms with Crippen LogP contribution in [-0.2, 0) is 16.0 Å². The Hall–Kier alpha value is -3.01. The number of hydrogen-bond acceptors (Lipinski definition) is 4. The van der Waals surface area contributed by atoms with Crippen LogP contribution in [-0.4, -0.2) is 36.2 Å². The number of aromatic nitrogens is 1. The van der Waals surface area contributed by atoms with Crippen molar-refractivity contribution in [2.45, 2.75) is 32.7 Å². The summed E-state index contributed by atoms with van der Waals surface area (Å²) in [5, 5.41) is 14.9. The number of nitrogens with one attached hydrogen (secondary N) is 3. The van der Waals surface area contributed by atoms with E-state index in [1.54, 1.807) is 0 Å². The van der Waals surface area contributed by atoms with E-state index in [1.165, 1.54) is 0 Å². The first kappa shape index (κ1) is 19.3. The Labute approximate surface area is 152 Å². The summed E-state index contributed by atoms with van der Waals surface area (Å²) in [5.41, 5.74) is 1.89. The van der Waals surface area contributed by atoms with Gasteiger partial charge in [-0.15, -0.1) is 0 Å². The second-order valence-electron chi connectivity index (χ2n) is 6.45. The number of fused-ring (bicyclic) bond motifs is 1. The lowest BCUT2D eigenvalue weighted by Gasteiger charge is -2.18. The van der Waals surface area contributed by atoms with Gasteiger partial charge in [-0.1, -0.05) is 32.0 Å². The zero-order valence-corrected chi connectivity index (χ0v) is 15.0. The van der Waals surface area contributed by atoms with Crippen LogP contribution in [0.25, 0.3) is 10.9 Å². The third-order valence-corrected chi connectivity index (χ3v) is 3.79. The van der Waals surface area contributed by atoms with Gasteiger partial charge in [-0.25, -0.2) is 4.79 Å². The van der Waals surface area contributed by atoms with Crippen LogP contribution in [0.4, 0.5) is 4.79 Å². The molecule has 0 saturated carbocycles. The molecular formula is C19H24N4O3. The molecular weight excluding hydrogens is 332 g/mol. The summed E-state index contributed by atoms with van der Waals surface area (Å²) in [5.74, 6) is -0.135. The molecule has 0 spiro atoms. The minimum Gasteiger partial charge on any atom is -0.449 e. The summed E-state index contributed by atoms with van der Waals surface area (Å²) < 4.78 is 5.13. The van der Waals surface area contributed by atoms with Crippen molar-refractivity contribution in [3.05, 3.63) is 36.0 Å². The normalized spacial score (nSPS) is 11.8. The highest BCUT2D eigenvalue weighted by atomic mass is 16.5. The fourth-order valence-electron chi connectivity index (χ4n) is 2.52. The van der Waals surface area contributed by atoms with Crippen LogP contribution < -0.4 is 10.6 Å². The third kappa shape index (κ3) is 5.52. The Kier molecular flexibility index (Phi) is 7.03.